The number of benzene rings is 2. The van der Waals surface area contributed by atoms with Crippen molar-refractivity contribution in [2.75, 3.05) is 11.9 Å². The van der Waals surface area contributed by atoms with Crippen LogP contribution in [0.3, 0.4) is 0 Å². The van der Waals surface area contributed by atoms with Crippen LogP contribution in [-0.2, 0) is 16.0 Å². The standard InChI is InChI=1S/C18H19ClN2O2/c19-15-10-4-5-11-16(15)21-18(23)13-17(22)20-12-6-9-14-7-2-1-3-8-14/h1-5,7-8,10-11H,6,9,12-13H2,(H,20,22)(H,21,23). The number of halogens is 1. The highest BCUT2D eigenvalue weighted by Crippen LogP contribution is 2.20. The van der Waals surface area contributed by atoms with Gasteiger partial charge in [0.25, 0.3) is 0 Å². The minimum absolute atomic E-state index is 0.212. The summed E-state index contributed by atoms with van der Waals surface area (Å²) < 4.78 is 0. The maximum Gasteiger partial charge on any atom is 0.233 e. The molecule has 2 rings (SSSR count). The maximum atomic E-state index is 11.8. The molecule has 23 heavy (non-hydrogen) atoms. The number of carbonyl (C=O) groups is 2. The van der Waals surface area contributed by atoms with E-state index in [0.29, 0.717) is 17.3 Å². The van der Waals surface area contributed by atoms with Gasteiger partial charge in [-0.25, -0.2) is 0 Å². The van der Waals surface area contributed by atoms with Gasteiger partial charge in [-0.2, -0.15) is 0 Å². The number of amides is 2. The second kappa shape index (κ2) is 8.96. The minimum Gasteiger partial charge on any atom is -0.356 e. The largest absolute Gasteiger partial charge is 0.356 e. The summed E-state index contributed by atoms with van der Waals surface area (Å²) in [4.78, 5) is 23.5. The highest BCUT2D eigenvalue weighted by molar-refractivity contribution is 6.33. The van der Waals surface area contributed by atoms with Gasteiger partial charge in [0.2, 0.25) is 11.8 Å². The van der Waals surface area contributed by atoms with E-state index in [-0.39, 0.29) is 18.2 Å². The molecule has 0 spiro atoms. The lowest BCUT2D eigenvalue weighted by molar-refractivity contribution is -0.126. The lowest BCUT2D eigenvalue weighted by atomic mass is 10.1. The molecule has 0 heterocycles. The predicted octanol–water partition coefficient (Wildman–Crippen LogP) is 3.42. The fourth-order valence-electron chi connectivity index (χ4n) is 2.13. The summed E-state index contributed by atoms with van der Waals surface area (Å²) in [6, 6.07) is 17.0. The van der Waals surface area contributed by atoms with Crippen LogP contribution in [0.15, 0.2) is 54.6 Å². The number of hydrogen-bond donors (Lipinski definition) is 2. The molecule has 0 saturated carbocycles. The number of nitrogens with one attached hydrogen (secondary N) is 2. The molecule has 0 atom stereocenters. The molecule has 0 aliphatic carbocycles. The lowest BCUT2D eigenvalue weighted by Gasteiger charge is -2.08. The Labute approximate surface area is 140 Å². The summed E-state index contributed by atoms with van der Waals surface area (Å²) in [5.41, 5.74) is 1.74. The van der Waals surface area contributed by atoms with Crippen LogP contribution in [0, 0.1) is 0 Å². The third-order valence-electron chi connectivity index (χ3n) is 3.28. The summed E-state index contributed by atoms with van der Waals surface area (Å²) in [5, 5.41) is 5.83. The Morgan fingerprint density at radius 3 is 2.35 bits per heavy atom. The van der Waals surface area contributed by atoms with Crippen LogP contribution < -0.4 is 10.6 Å². The van der Waals surface area contributed by atoms with E-state index in [1.807, 2.05) is 18.2 Å². The fourth-order valence-corrected chi connectivity index (χ4v) is 2.31. The van der Waals surface area contributed by atoms with E-state index >= 15 is 0 Å². The monoisotopic (exact) mass is 330 g/mol. The first kappa shape index (κ1) is 17.0. The highest BCUT2D eigenvalue weighted by Gasteiger charge is 2.10. The topological polar surface area (TPSA) is 58.2 Å². The Bertz CT molecular complexity index is 659. The van der Waals surface area contributed by atoms with Gasteiger partial charge >= 0.3 is 0 Å². The van der Waals surface area contributed by atoms with Crippen molar-refractivity contribution in [2.45, 2.75) is 19.3 Å². The average Bonchev–Trinajstić information content (AvgIpc) is 2.55. The number of aryl methyl sites for hydroxylation is 1. The van der Waals surface area contributed by atoms with Crippen LogP contribution in [0.5, 0.6) is 0 Å². The number of para-hydroxylation sites is 1. The molecule has 0 saturated heterocycles. The first-order chi connectivity index (χ1) is 11.1. The van der Waals surface area contributed by atoms with Crippen molar-refractivity contribution in [3.05, 3.63) is 65.2 Å². The quantitative estimate of drug-likeness (QED) is 0.603. The number of carbonyl (C=O) groups excluding carboxylic acids is 2. The molecule has 0 fully saturated rings. The van der Waals surface area contributed by atoms with Crippen molar-refractivity contribution in [2.24, 2.45) is 0 Å². The van der Waals surface area contributed by atoms with Gasteiger partial charge < -0.3 is 10.6 Å². The van der Waals surface area contributed by atoms with Crippen molar-refractivity contribution in [1.29, 1.82) is 0 Å². The SMILES string of the molecule is O=C(CC(=O)Nc1ccccc1Cl)NCCCc1ccccc1. The van der Waals surface area contributed by atoms with E-state index in [4.69, 9.17) is 11.6 Å². The molecule has 0 bridgehead atoms. The average molecular weight is 331 g/mol. The van der Waals surface area contributed by atoms with Gasteiger partial charge in [-0.15, -0.1) is 0 Å². The van der Waals surface area contributed by atoms with E-state index in [0.717, 1.165) is 12.8 Å². The smallest absolute Gasteiger partial charge is 0.233 e. The summed E-state index contributed by atoms with van der Waals surface area (Å²) in [6.07, 6.45) is 1.52. The van der Waals surface area contributed by atoms with E-state index < -0.39 is 0 Å². The lowest BCUT2D eigenvalue weighted by Crippen LogP contribution is -2.29. The van der Waals surface area contributed by atoms with Crippen LogP contribution >= 0.6 is 11.6 Å². The van der Waals surface area contributed by atoms with E-state index in [1.165, 1.54) is 5.56 Å². The van der Waals surface area contributed by atoms with Crippen LogP contribution in [0.2, 0.25) is 5.02 Å². The third kappa shape index (κ3) is 6.12. The van der Waals surface area contributed by atoms with Crippen molar-refractivity contribution >= 4 is 29.1 Å². The van der Waals surface area contributed by atoms with Gasteiger partial charge in [-0.1, -0.05) is 54.1 Å². The summed E-state index contributed by atoms with van der Waals surface area (Å²) >= 11 is 5.95. The van der Waals surface area contributed by atoms with Gasteiger partial charge in [-0.05, 0) is 30.5 Å². The molecule has 4 nitrogen and oxygen atoms in total. The zero-order valence-electron chi connectivity index (χ0n) is 12.7. The molecule has 2 N–H and O–H groups in total. The maximum absolute atomic E-state index is 11.8. The van der Waals surface area contributed by atoms with E-state index in [1.54, 1.807) is 24.3 Å². The molecule has 2 aromatic carbocycles. The molecule has 0 radical (unpaired) electrons. The molecule has 2 amide bonds. The molecule has 120 valence electrons. The Balaban J connectivity index is 1.66. The Hall–Kier alpha value is -2.33. The second-order valence-electron chi connectivity index (χ2n) is 5.14. The summed E-state index contributed by atoms with van der Waals surface area (Å²) in [7, 11) is 0. The van der Waals surface area contributed by atoms with Crippen molar-refractivity contribution in [1.82, 2.24) is 5.32 Å². The third-order valence-corrected chi connectivity index (χ3v) is 3.61. The first-order valence-corrected chi connectivity index (χ1v) is 7.88. The van der Waals surface area contributed by atoms with E-state index in [9.17, 15) is 9.59 Å². The Kier molecular flexibility index (Phi) is 6.63. The minimum atomic E-state index is -0.376. The molecular formula is C18H19ClN2O2. The molecule has 0 aliphatic heterocycles. The first-order valence-electron chi connectivity index (χ1n) is 7.50. The van der Waals surface area contributed by atoms with Crippen LogP contribution in [0.25, 0.3) is 0 Å². The van der Waals surface area contributed by atoms with E-state index in [2.05, 4.69) is 22.8 Å². The zero-order valence-corrected chi connectivity index (χ0v) is 13.5. The van der Waals surface area contributed by atoms with Gasteiger partial charge in [0.15, 0.2) is 0 Å². The summed E-state index contributed by atoms with van der Waals surface area (Å²) in [5.74, 6) is -0.665. The number of rotatable bonds is 7. The van der Waals surface area contributed by atoms with Crippen molar-refractivity contribution < 1.29 is 9.59 Å². The summed E-state index contributed by atoms with van der Waals surface area (Å²) in [6.45, 7) is 0.549. The van der Waals surface area contributed by atoms with Gasteiger partial charge in [0, 0.05) is 6.54 Å². The fraction of sp³-hybridized carbons (Fsp3) is 0.222. The second-order valence-corrected chi connectivity index (χ2v) is 5.55. The molecule has 0 aliphatic rings. The van der Waals surface area contributed by atoms with Crippen LogP contribution in [0.1, 0.15) is 18.4 Å². The predicted molar refractivity (Wildman–Crippen MR) is 92.5 cm³/mol. The van der Waals surface area contributed by atoms with Crippen LogP contribution in [-0.4, -0.2) is 18.4 Å². The normalized spacial score (nSPS) is 10.1. The Morgan fingerprint density at radius 1 is 0.913 bits per heavy atom. The van der Waals surface area contributed by atoms with Crippen molar-refractivity contribution in [3.63, 3.8) is 0 Å². The van der Waals surface area contributed by atoms with Gasteiger partial charge in [0.1, 0.15) is 6.42 Å². The van der Waals surface area contributed by atoms with Crippen LogP contribution in [0.4, 0.5) is 5.69 Å². The Morgan fingerprint density at radius 2 is 1.61 bits per heavy atom. The molecule has 2 aromatic rings. The van der Waals surface area contributed by atoms with Crippen molar-refractivity contribution in [3.8, 4) is 0 Å². The zero-order chi connectivity index (χ0) is 16.5. The highest BCUT2D eigenvalue weighted by atomic mass is 35.5. The van der Waals surface area contributed by atoms with Gasteiger partial charge in [0.05, 0.1) is 10.7 Å². The number of anilines is 1. The molecule has 0 unspecified atom stereocenters. The molecule has 0 aromatic heterocycles. The number of hydrogen-bond acceptors (Lipinski definition) is 2. The van der Waals surface area contributed by atoms with Gasteiger partial charge in [-0.3, -0.25) is 9.59 Å². The molecular weight excluding hydrogens is 312 g/mol. The molecule has 5 heteroatoms.